The molecule has 1 heterocycles. The topological polar surface area (TPSA) is 108 Å². The monoisotopic (exact) mass is 537 g/mol. The highest BCUT2D eigenvalue weighted by atomic mass is 19.4. The zero-order valence-electron chi connectivity index (χ0n) is 20.3. The summed E-state index contributed by atoms with van der Waals surface area (Å²) in [5.41, 5.74) is -0.264. The number of fused-ring (bicyclic) bond motifs is 1. The van der Waals surface area contributed by atoms with Crippen molar-refractivity contribution < 1.29 is 41.8 Å². The van der Waals surface area contributed by atoms with Crippen LogP contribution in [0.2, 0.25) is 0 Å². The normalized spacial score (nSPS) is 19.3. The van der Waals surface area contributed by atoms with E-state index in [4.69, 9.17) is 9.84 Å². The van der Waals surface area contributed by atoms with Gasteiger partial charge in [0.25, 0.3) is 0 Å². The molecule has 204 valence electrons. The highest BCUT2D eigenvalue weighted by molar-refractivity contribution is 6.00. The maximum atomic E-state index is 14.0. The van der Waals surface area contributed by atoms with E-state index in [1.807, 2.05) is 5.32 Å². The Labute approximate surface area is 216 Å². The summed E-state index contributed by atoms with van der Waals surface area (Å²) >= 11 is 0. The second kappa shape index (κ2) is 11.3. The van der Waals surface area contributed by atoms with Gasteiger partial charge in [-0.1, -0.05) is 12.1 Å². The molecular formula is C26H27F4N3O5. The Hall–Kier alpha value is -3.83. The molecule has 0 bridgehead atoms. The van der Waals surface area contributed by atoms with E-state index < -0.39 is 41.3 Å². The van der Waals surface area contributed by atoms with Crippen LogP contribution >= 0.6 is 0 Å². The van der Waals surface area contributed by atoms with Crippen molar-refractivity contribution in [2.75, 3.05) is 17.2 Å². The molecule has 1 aliphatic carbocycles. The molecule has 0 unspecified atom stereocenters. The smallest absolute Gasteiger partial charge is 0.418 e. The van der Waals surface area contributed by atoms with Crippen LogP contribution in [0.1, 0.15) is 48.8 Å². The molecule has 0 radical (unpaired) electrons. The van der Waals surface area contributed by atoms with Gasteiger partial charge >= 0.3 is 24.3 Å². The highest BCUT2D eigenvalue weighted by Gasteiger charge is 2.35. The third-order valence-electron chi connectivity index (χ3n) is 6.82. The molecule has 12 heteroatoms. The van der Waals surface area contributed by atoms with E-state index in [1.165, 1.54) is 0 Å². The van der Waals surface area contributed by atoms with E-state index >= 15 is 0 Å². The third-order valence-corrected chi connectivity index (χ3v) is 6.82. The number of carbonyl (C=O) groups excluding carboxylic acids is 2. The third kappa shape index (κ3) is 6.73. The molecule has 1 aliphatic heterocycles. The number of benzene rings is 2. The first kappa shape index (κ1) is 27.2. The first-order valence-electron chi connectivity index (χ1n) is 12.2. The van der Waals surface area contributed by atoms with Gasteiger partial charge in [0.15, 0.2) is 0 Å². The lowest BCUT2D eigenvalue weighted by Gasteiger charge is -2.32. The van der Waals surface area contributed by atoms with Gasteiger partial charge in [-0.15, -0.1) is 0 Å². The average molecular weight is 538 g/mol. The van der Waals surface area contributed by atoms with Crippen molar-refractivity contribution in [1.29, 1.82) is 0 Å². The molecule has 3 N–H and O–H groups in total. The van der Waals surface area contributed by atoms with Crippen LogP contribution in [0.3, 0.4) is 0 Å². The summed E-state index contributed by atoms with van der Waals surface area (Å²) in [6.45, 7) is 0.666. The minimum atomic E-state index is -4.84. The van der Waals surface area contributed by atoms with Gasteiger partial charge in [0.2, 0.25) is 0 Å². The number of nitrogens with zero attached hydrogens (tertiary/aromatic N) is 1. The molecule has 2 aromatic carbocycles. The van der Waals surface area contributed by atoms with Crippen LogP contribution < -0.4 is 10.6 Å². The Morgan fingerprint density at radius 2 is 1.76 bits per heavy atom. The zero-order valence-corrected chi connectivity index (χ0v) is 20.3. The lowest BCUT2D eigenvalue weighted by Crippen LogP contribution is -2.39. The summed E-state index contributed by atoms with van der Waals surface area (Å²) in [5.74, 6) is -1.93. The van der Waals surface area contributed by atoms with Crippen LogP contribution in [-0.2, 0) is 28.7 Å². The lowest BCUT2D eigenvalue weighted by molar-refractivity contribution is -0.139. The average Bonchev–Trinajstić information content (AvgIpc) is 2.85. The minimum absolute atomic E-state index is 0.104. The van der Waals surface area contributed by atoms with Gasteiger partial charge in [0, 0.05) is 25.2 Å². The maximum Gasteiger partial charge on any atom is 0.418 e. The van der Waals surface area contributed by atoms with Crippen LogP contribution in [0.25, 0.3) is 0 Å². The van der Waals surface area contributed by atoms with Gasteiger partial charge in [0.05, 0.1) is 11.3 Å². The molecule has 0 atom stereocenters. The first-order chi connectivity index (χ1) is 18.0. The largest absolute Gasteiger partial charge is 0.481 e. The standard InChI is InChI=1S/C26H27F4N3O5/c27-21-3-1-2-20(26(28,29)30)23(21)32-24(36)31-18-7-6-17-14-33(11-10-16(17)13-18)25(37)38-19-8-4-15(5-9-19)12-22(34)35/h1-3,6-7,13,15,19H,4-5,8-12,14H2,(H,34,35)(H2,31,32,36)/t15-,19-. The summed E-state index contributed by atoms with van der Waals surface area (Å²) < 4.78 is 59.2. The number of urea groups is 1. The van der Waals surface area contributed by atoms with Gasteiger partial charge in [-0.05, 0) is 73.4 Å². The number of ether oxygens (including phenoxy) is 1. The second-order valence-electron chi connectivity index (χ2n) is 9.52. The number of hydrogen-bond donors (Lipinski definition) is 3. The summed E-state index contributed by atoms with van der Waals surface area (Å²) in [7, 11) is 0. The van der Waals surface area contributed by atoms with Crippen molar-refractivity contribution in [3.05, 3.63) is 58.9 Å². The van der Waals surface area contributed by atoms with Crippen LogP contribution in [0.5, 0.6) is 0 Å². The molecule has 38 heavy (non-hydrogen) atoms. The van der Waals surface area contributed by atoms with E-state index in [0.717, 1.165) is 23.3 Å². The number of alkyl halides is 3. The second-order valence-corrected chi connectivity index (χ2v) is 9.52. The van der Waals surface area contributed by atoms with Gasteiger partial charge in [0.1, 0.15) is 11.9 Å². The molecule has 2 aromatic rings. The Morgan fingerprint density at radius 1 is 1.03 bits per heavy atom. The number of halogens is 4. The Kier molecular flexibility index (Phi) is 8.08. The quantitative estimate of drug-likeness (QED) is 0.405. The van der Waals surface area contributed by atoms with Crippen LogP contribution in [0.15, 0.2) is 36.4 Å². The number of carboxylic acid groups (broad SMARTS) is 1. The van der Waals surface area contributed by atoms with Crippen LogP contribution in [0, 0.1) is 11.7 Å². The number of carboxylic acids is 1. The van der Waals surface area contributed by atoms with Crippen molar-refractivity contribution >= 4 is 29.5 Å². The number of aliphatic carboxylic acids is 1. The van der Waals surface area contributed by atoms with Gasteiger partial charge in [-0.3, -0.25) is 4.79 Å². The fourth-order valence-corrected chi connectivity index (χ4v) is 4.87. The van der Waals surface area contributed by atoms with E-state index in [-0.39, 0.29) is 18.4 Å². The molecule has 1 saturated carbocycles. The van der Waals surface area contributed by atoms with E-state index in [9.17, 15) is 31.9 Å². The fraction of sp³-hybridized carbons (Fsp3) is 0.423. The molecule has 2 aliphatic rings. The summed E-state index contributed by atoms with van der Waals surface area (Å²) in [4.78, 5) is 37.5. The SMILES string of the molecule is O=C(O)C[C@H]1CC[C@H](OC(=O)N2CCc3cc(NC(=O)Nc4c(F)cccc4C(F)(F)F)ccc3C2)CC1. The molecule has 0 saturated heterocycles. The van der Waals surface area contributed by atoms with Crippen molar-refractivity contribution in [3.63, 3.8) is 0 Å². The van der Waals surface area contributed by atoms with Gasteiger partial charge in [-0.25, -0.2) is 14.0 Å². The summed E-state index contributed by atoms with van der Waals surface area (Å²) in [6, 6.07) is 6.29. The Balaban J connectivity index is 1.32. The minimum Gasteiger partial charge on any atom is -0.481 e. The molecule has 0 aromatic heterocycles. The van der Waals surface area contributed by atoms with Crippen molar-refractivity contribution in [1.82, 2.24) is 4.90 Å². The number of amides is 3. The summed E-state index contributed by atoms with van der Waals surface area (Å²) in [5, 5.41) is 13.3. The number of hydrogen-bond acceptors (Lipinski definition) is 4. The molecule has 1 fully saturated rings. The Morgan fingerprint density at radius 3 is 2.45 bits per heavy atom. The molecule has 0 spiro atoms. The number of nitrogens with one attached hydrogen (secondary N) is 2. The van der Waals surface area contributed by atoms with Gasteiger partial charge < -0.3 is 25.4 Å². The molecule has 3 amide bonds. The van der Waals surface area contributed by atoms with Crippen molar-refractivity contribution in [2.45, 2.75) is 57.3 Å². The maximum absolute atomic E-state index is 14.0. The number of para-hydroxylation sites is 1. The first-order valence-corrected chi connectivity index (χ1v) is 12.2. The van der Waals surface area contributed by atoms with E-state index in [0.29, 0.717) is 56.9 Å². The summed E-state index contributed by atoms with van der Waals surface area (Å²) in [6.07, 6.45) is -2.28. The number of carbonyl (C=O) groups is 3. The predicted octanol–water partition coefficient (Wildman–Crippen LogP) is 6.02. The molecule has 8 nitrogen and oxygen atoms in total. The highest BCUT2D eigenvalue weighted by Crippen LogP contribution is 2.36. The predicted molar refractivity (Wildman–Crippen MR) is 129 cm³/mol. The number of rotatable bonds is 5. The van der Waals surface area contributed by atoms with E-state index in [2.05, 4.69) is 5.32 Å². The van der Waals surface area contributed by atoms with Crippen LogP contribution in [0.4, 0.5) is 38.5 Å². The zero-order chi connectivity index (χ0) is 27.4. The van der Waals surface area contributed by atoms with Gasteiger partial charge in [-0.2, -0.15) is 13.2 Å². The van der Waals surface area contributed by atoms with E-state index in [1.54, 1.807) is 23.1 Å². The molecular weight excluding hydrogens is 510 g/mol. The fourth-order valence-electron chi connectivity index (χ4n) is 4.87. The Bertz CT molecular complexity index is 1210. The number of anilines is 2. The molecule has 4 rings (SSSR count). The van der Waals surface area contributed by atoms with Crippen molar-refractivity contribution in [3.8, 4) is 0 Å². The van der Waals surface area contributed by atoms with Crippen LogP contribution in [-0.4, -0.2) is 40.7 Å². The van der Waals surface area contributed by atoms with Crippen molar-refractivity contribution in [2.24, 2.45) is 5.92 Å². The lowest BCUT2D eigenvalue weighted by atomic mass is 9.85.